The standard InChI is InChI=1S/C16H16ClN3O3S/c17-14-4-3-13(24-14)16(22)20-7-1-2-11(9-20)23-10-5-6-19-12(8-10)15(18)21/h3-6,8,11H,1-2,7,9H2,(H2,18,21). The summed E-state index contributed by atoms with van der Waals surface area (Å²) in [6.45, 7) is 1.18. The normalized spacial score (nSPS) is 17.5. The van der Waals surface area contributed by atoms with Gasteiger partial charge in [-0.05, 0) is 31.0 Å². The number of hydrogen-bond donors (Lipinski definition) is 1. The van der Waals surface area contributed by atoms with Gasteiger partial charge in [0.2, 0.25) is 0 Å². The van der Waals surface area contributed by atoms with Crippen LogP contribution in [0.2, 0.25) is 4.34 Å². The second kappa shape index (κ2) is 7.19. The van der Waals surface area contributed by atoms with Crippen LogP contribution in [0.5, 0.6) is 5.75 Å². The molecule has 1 saturated heterocycles. The highest BCUT2D eigenvalue weighted by atomic mass is 35.5. The lowest BCUT2D eigenvalue weighted by Crippen LogP contribution is -2.44. The van der Waals surface area contributed by atoms with Gasteiger partial charge in [-0.15, -0.1) is 11.3 Å². The quantitative estimate of drug-likeness (QED) is 0.902. The first kappa shape index (κ1) is 16.7. The Kier molecular flexibility index (Phi) is 5.01. The van der Waals surface area contributed by atoms with E-state index in [0.29, 0.717) is 28.1 Å². The first-order valence-electron chi connectivity index (χ1n) is 7.50. The molecule has 1 unspecified atom stereocenters. The Balaban J connectivity index is 1.66. The van der Waals surface area contributed by atoms with E-state index in [2.05, 4.69) is 4.98 Å². The van der Waals surface area contributed by atoms with Crippen LogP contribution in [0.4, 0.5) is 0 Å². The first-order valence-corrected chi connectivity index (χ1v) is 8.69. The van der Waals surface area contributed by atoms with E-state index in [1.165, 1.54) is 23.6 Å². The van der Waals surface area contributed by atoms with Crippen LogP contribution >= 0.6 is 22.9 Å². The Labute approximate surface area is 148 Å². The lowest BCUT2D eigenvalue weighted by atomic mass is 10.1. The smallest absolute Gasteiger partial charge is 0.267 e. The number of halogens is 1. The number of primary amides is 1. The van der Waals surface area contributed by atoms with Gasteiger partial charge in [0.1, 0.15) is 17.5 Å². The predicted molar refractivity (Wildman–Crippen MR) is 91.6 cm³/mol. The molecule has 8 heteroatoms. The molecule has 0 aliphatic carbocycles. The molecule has 0 bridgehead atoms. The average Bonchev–Trinajstić information content (AvgIpc) is 3.01. The van der Waals surface area contributed by atoms with Gasteiger partial charge in [0.25, 0.3) is 11.8 Å². The van der Waals surface area contributed by atoms with Crippen LogP contribution in [0.3, 0.4) is 0 Å². The highest BCUT2D eigenvalue weighted by molar-refractivity contribution is 7.17. The lowest BCUT2D eigenvalue weighted by Gasteiger charge is -2.32. The number of carbonyl (C=O) groups excluding carboxylic acids is 2. The SMILES string of the molecule is NC(=O)c1cc(OC2CCCN(C(=O)c3ccc(Cl)s3)C2)ccn1. The van der Waals surface area contributed by atoms with Crippen molar-refractivity contribution >= 4 is 34.8 Å². The molecule has 2 aromatic heterocycles. The second-order valence-electron chi connectivity index (χ2n) is 5.48. The molecule has 0 radical (unpaired) electrons. The molecular formula is C16H16ClN3O3S. The van der Waals surface area contributed by atoms with Crippen molar-refractivity contribution < 1.29 is 14.3 Å². The van der Waals surface area contributed by atoms with Crippen molar-refractivity contribution in [1.29, 1.82) is 0 Å². The van der Waals surface area contributed by atoms with Crippen LogP contribution < -0.4 is 10.5 Å². The third-order valence-electron chi connectivity index (χ3n) is 3.74. The van der Waals surface area contributed by atoms with Crippen LogP contribution in [-0.2, 0) is 0 Å². The van der Waals surface area contributed by atoms with Gasteiger partial charge < -0.3 is 15.4 Å². The summed E-state index contributed by atoms with van der Waals surface area (Å²) in [5.74, 6) is -0.111. The van der Waals surface area contributed by atoms with E-state index in [-0.39, 0.29) is 17.7 Å². The summed E-state index contributed by atoms with van der Waals surface area (Å²) in [6.07, 6.45) is 3.03. The molecular weight excluding hydrogens is 350 g/mol. The van der Waals surface area contributed by atoms with Crippen LogP contribution in [0, 0.1) is 0 Å². The maximum Gasteiger partial charge on any atom is 0.267 e. The monoisotopic (exact) mass is 365 g/mol. The summed E-state index contributed by atoms with van der Waals surface area (Å²) < 4.78 is 6.50. The number of aromatic nitrogens is 1. The van der Waals surface area contributed by atoms with Crippen LogP contribution in [0.1, 0.15) is 33.0 Å². The van der Waals surface area contributed by atoms with Crippen molar-refractivity contribution in [3.8, 4) is 5.75 Å². The summed E-state index contributed by atoms with van der Waals surface area (Å²) in [4.78, 5) is 30.0. The van der Waals surface area contributed by atoms with Crippen molar-refractivity contribution in [3.63, 3.8) is 0 Å². The third-order valence-corrected chi connectivity index (χ3v) is 4.96. The van der Waals surface area contributed by atoms with Gasteiger partial charge in [0.05, 0.1) is 15.8 Å². The van der Waals surface area contributed by atoms with Gasteiger partial charge in [-0.1, -0.05) is 11.6 Å². The Hall–Kier alpha value is -2.12. The maximum absolute atomic E-state index is 12.5. The Bertz CT molecular complexity index is 765. The number of thiophene rings is 1. The minimum atomic E-state index is -0.601. The summed E-state index contributed by atoms with van der Waals surface area (Å²) >= 11 is 7.17. The topological polar surface area (TPSA) is 85.5 Å². The second-order valence-corrected chi connectivity index (χ2v) is 7.19. The summed E-state index contributed by atoms with van der Waals surface area (Å²) in [5.41, 5.74) is 5.38. The van der Waals surface area contributed by atoms with Gasteiger partial charge in [-0.2, -0.15) is 0 Å². The predicted octanol–water partition coefficient (Wildman–Crippen LogP) is 2.58. The van der Waals surface area contributed by atoms with Gasteiger partial charge in [-0.3, -0.25) is 14.6 Å². The minimum Gasteiger partial charge on any atom is -0.488 e. The maximum atomic E-state index is 12.5. The molecule has 3 heterocycles. The highest BCUT2D eigenvalue weighted by Crippen LogP contribution is 2.25. The molecule has 3 rings (SSSR count). The zero-order valence-corrected chi connectivity index (χ0v) is 14.3. The van der Waals surface area contributed by atoms with E-state index >= 15 is 0 Å². The molecule has 2 amide bonds. The van der Waals surface area contributed by atoms with Crippen LogP contribution in [0.15, 0.2) is 30.5 Å². The fourth-order valence-corrected chi connectivity index (χ4v) is 3.63. The number of likely N-dealkylation sites (tertiary alicyclic amines) is 1. The molecule has 2 N–H and O–H groups in total. The number of rotatable bonds is 4. The summed E-state index contributed by atoms with van der Waals surface area (Å²) in [6, 6.07) is 6.65. The fraction of sp³-hybridized carbons (Fsp3) is 0.312. The minimum absolute atomic E-state index is 0.0345. The molecule has 2 aromatic rings. The number of carbonyl (C=O) groups is 2. The molecule has 1 atom stereocenters. The molecule has 1 aliphatic heterocycles. The largest absolute Gasteiger partial charge is 0.488 e. The molecule has 0 saturated carbocycles. The molecule has 1 aliphatic rings. The van der Waals surface area contributed by atoms with Crippen molar-refractivity contribution in [2.24, 2.45) is 5.73 Å². The van der Waals surface area contributed by atoms with Crippen LogP contribution in [-0.4, -0.2) is 40.9 Å². The zero-order valence-electron chi connectivity index (χ0n) is 12.8. The summed E-state index contributed by atoms with van der Waals surface area (Å²) in [5, 5.41) is 0. The number of amides is 2. The fourth-order valence-electron chi connectivity index (χ4n) is 2.62. The molecule has 126 valence electrons. The lowest BCUT2D eigenvalue weighted by molar-refractivity contribution is 0.0542. The highest BCUT2D eigenvalue weighted by Gasteiger charge is 2.26. The van der Waals surface area contributed by atoms with Crippen molar-refractivity contribution in [2.75, 3.05) is 13.1 Å². The number of ether oxygens (including phenoxy) is 1. The molecule has 1 fully saturated rings. The Morgan fingerprint density at radius 2 is 2.21 bits per heavy atom. The van der Waals surface area contributed by atoms with E-state index in [4.69, 9.17) is 22.1 Å². The first-order chi connectivity index (χ1) is 11.5. The van der Waals surface area contributed by atoms with E-state index in [1.54, 1.807) is 23.1 Å². The van der Waals surface area contributed by atoms with E-state index < -0.39 is 5.91 Å². The van der Waals surface area contributed by atoms with E-state index in [0.717, 1.165) is 12.8 Å². The third kappa shape index (κ3) is 3.85. The zero-order chi connectivity index (χ0) is 17.1. The van der Waals surface area contributed by atoms with Crippen LogP contribution in [0.25, 0.3) is 0 Å². The van der Waals surface area contributed by atoms with E-state index in [9.17, 15) is 9.59 Å². The average molecular weight is 366 g/mol. The molecule has 0 aromatic carbocycles. The van der Waals surface area contributed by atoms with Gasteiger partial charge in [-0.25, -0.2) is 0 Å². The summed E-state index contributed by atoms with van der Waals surface area (Å²) in [7, 11) is 0. The molecule has 6 nitrogen and oxygen atoms in total. The number of pyridine rings is 1. The van der Waals surface area contributed by atoms with Gasteiger partial charge in [0, 0.05) is 18.8 Å². The number of hydrogen-bond acceptors (Lipinski definition) is 5. The number of nitrogens with two attached hydrogens (primary N) is 1. The van der Waals surface area contributed by atoms with Crippen molar-refractivity contribution in [1.82, 2.24) is 9.88 Å². The molecule has 24 heavy (non-hydrogen) atoms. The Morgan fingerprint density at radius 3 is 2.92 bits per heavy atom. The van der Waals surface area contributed by atoms with Gasteiger partial charge >= 0.3 is 0 Å². The van der Waals surface area contributed by atoms with Crippen molar-refractivity contribution in [2.45, 2.75) is 18.9 Å². The number of piperidine rings is 1. The molecule has 0 spiro atoms. The van der Waals surface area contributed by atoms with E-state index in [1.807, 2.05) is 0 Å². The van der Waals surface area contributed by atoms with Crippen molar-refractivity contribution in [3.05, 3.63) is 45.4 Å². The number of nitrogens with zero attached hydrogens (tertiary/aromatic N) is 2. The van der Waals surface area contributed by atoms with Gasteiger partial charge in [0.15, 0.2) is 0 Å². The Morgan fingerprint density at radius 1 is 1.38 bits per heavy atom.